The number of carbonyl (C=O) groups is 1. The second kappa shape index (κ2) is 9.58. The standard InChI is InChI=1S/C28H25FN4O3/c1-17-7-9-18(10-8-17)23-15-24(21-5-4-6-25(35-2)26(21)36-3)33-27(32-23)22(16-30-33)28(34)31-20-13-11-19(29)12-14-20/h4-16,24,32H,1-3H3,(H,31,34)/t24-/m0/s1. The van der Waals surface area contributed by atoms with E-state index in [-0.39, 0.29) is 17.8 Å². The molecule has 1 amide bonds. The van der Waals surface area contributed by atoms with Crippen LogP contribution in [0.15, 0.2) is 79.0 Å². The van der Waals surface area contributed by atoms with E-state index in [1.165, 1.54) is 30.5 Å². The number of nitrogens with zero attached hydrogens (tertiary/aromatic N) is 2. The summed E-state index contributed by atoms with van der Waals surface area (Å²) < 4.78 is 26.3. The number of aryl methyl sites for hydroxylation is 1. The first-order valence-corrected chi connectivity index (χ1v) is 11.4. The summed E-state index contributed by atoms with van der Waals surface area (Å²) >= 11 is 0. The summed E-state index contributed by atoms with van der Waals surface area (Å²) in [5.74, 6) is 0.979. The Kier molecular flexibility index (Phi) is 6.16. The van der Waals surface area contributed by atoms with Gasteiger partial charge in [0.05, 0.1) is 20.4 Å². The number of halogens is 1. The molecule has 182 valence electrons. The van der Waals surface area contributed by atoms with Crippen LogP contribution in [0.25, 0.3) is 5.70 Å². The maximum atomic E-state index is 13.3. The molecule has 8 heteroatoms. The summed E-state index contributed by atoms with van der Waals surface area (Å²) in [7, 11) is 3.19. The Morgan fingerprint density at radius 3 is 2.47 bits per heavy atom. The number of amides is 1. The predicted molar refractivity (Wildman–Crippen MR) is 137 cm³/mol. The van der Waals surface area contributed by atoms with E-state index < -0.39 is 0 Å². The van der Waals surface area contributed by atoms with Crippen LogP contribution in [0.3, 0.4) is 0 Å². The molecule has 1 aliphatic heterocycles. The molecule has 0 radical (unpaired) electrons. The van der Waals surface area contributed by atoms with E-state index >= 15 is 0 Å². The van der Waals surface area contributed by atoms with Gasteiger partial charge in [0.2, 0.25) is 0 Å². The fourth-order valence-electron chi connectivity index (χ4n) is 4.26. The monoisotopic (exact) mass is 484 g/mol. The molecule has 0 fully saturated rings. The number of hydrogen-bond acceptors (Lipinski definition) is 5. The summed E-state index contributed by atoms with van der Waals surface area (Å²) in [4.78, 5) is 13.2. The van der Waals surface area contributed by atoms with Gasteiger partial charge >= 0.3 is 0 Å². The summed E-state index contributed by atoms with van der Waals surface area (Å²) in [5.41, 5.74) is 4.60. The summed E-state index contributed by atoms with van der Waals surface area (Å²) in [6.45, 7) is 2.03. The number of anilines is 2. The third-order valence-corrected chi connectivity index (χ3v) is 6.10. The number of allylic oxidation sites excluding steroid dienone is 1. The lowest BCUT2D eigenvalue weighted by Crippen LogP contribution is -2.22. The van der Waals surface area contributed by atoms with Crippen molar-refractivity contribution in [3.8, 4) is 11.5 Å². The van der Waals surface area contributed by atoms with Gasteiger partial charge in [-0.05, 0) is 48.9 Å². The first-order chi connectivity index (χ1) is 17.5. The smallest absolute Gasteiger partial charge is 0.261 e. The maximum Gasteiger partial charge on any atom is 0.261 e. The van der Waals surface area contributed by atoms with Crippen LogP contribution < -0.4 is 20.1 Å². The highest BCUT2D eigenvalue weighted by atomic mass is 19.1. The molecule has 36 heavy (non-hydrogen) atoms. The van der Waals surface area contributed by atoms with Crippen LogP contribution in [-0.2, 0) is 0 Å². The van der Waals surface area contributed by atoms with Crippen LogP contribution >= 0.6 is 0 Å². The van der Waals surface area contributed by atoms with E-state index in [0.29, 0.717) is 28.6 Å². The zero-order valence-electron chi connectivity index (χ0n) is 20.1. The number of methoxy groups -OCH3 is 2. The first kappa shape index (κ1) is 23.2. The molecule has 0 aliphatic carbocycles. The highest BCUT2D eigenvalue weighted by Crippen LogP contribution is 2.41. The Labute approximate surface area is 208 Å². The average Bonchev–Trinajstić information content (AvgIpc) is 3.33. The summed E-state index contributed by atoms with van der Waals surface area (Å²) in [5, 5.41) is 10.8. The first-order valence-electron chi connectivity index (χ1n) is 11.4. The van der Waals surface area contributed by atoms with Crippen molar-refractivity contribution < 1.29 is 18.7 Å². The molecule has 0 saturated carbocycles. The number of fused-ring (bicyclic) bond motifs is 1. The topological polar surface area (TPSA) is 77.4 Å². The van der Waals surface area contributed by atoms with Crippen molar-refractivity contribution in [2.24, 2.45) is 0 Å². The van der Waals surface area contributed by atoms with E-state index in [2.05, 4.69) is 15.7 Å². The second-order valence-electron chi connectivity index (χ2n) is 8.41. The van der Waals surface area contributed by atoms with Crippen LogP contribution in [0.4, 0.5) is 15.9 Å². The molecule has 1 aromatic heterocycles. The SMILES string of the molecule is COc1cccc([C@@H]2C=C(c3ccc(C)cc3)Nc3c(C(=O)Nc4ccc(F)cc4)cnn32)c1OC. The van der Waals surface area contributed by atoms with Gasteiger partial charge < -0.3 is 20.1 Å². The molecule has 2 heterocycles. The Morgan fingerprint density at radius 1 is 1.03 bits per heavy atom. The van der Waals surface area contributed by atoms with Gasteiger partial charge in [-0.3, -0.25) is 4.79 Å². The molecule has 0 saturated heterocycles. The van der Waals surface area contributed by atoms with Gasteiger partial charge in [0, 0.05) is 16.9 Å². The fraction of sp³-hybridized carbons (Fsp3) is 0.143. The number of carbonyl (C=O) groups excluding carboxylic acids is 1. The van der Waals surface area contributed by atoms with Crippen molar-refractivity contribution in [2.45, 2.75) is 13.0 Å². The minimum absolute atomic E-state index is 0.351. The van der Waals surface area contributed by atoms with Crippen LogP contribution in [0.5, 0.6) is 11.5 Å². The number of ether oxygens (including phenoxy) is 2. The quantitative estimate of drug-likeness (QED) is 0.370. The molecule has 2 N–H and O–H groups in total. The highest BCUT2D eigenvalue weighted by molar-refractivity contribution is 6.08. The van der Waals surface area contributed by atoms with E-state index in [1.807, 2.05) is 55.5 Å². The molecular weight excluding hydrogens is 459 g/mol. The number of nitrogens with one attached hydrogen (secondary N) is 2. The van der Waals surface area contributed by atoms with Crippen LogP contribution in [0.1, 0.15) is 33.1 Å². The molecular formula is C28H25FN4O3. The lowest BCUT2D eigenvalue weighted by atomic mass is 9.99. The zero-order valence-corrected chi connectivity index (χ0v) is 20.1. The van der Waals surface area contributed by atoms with E-state index in [4.69, 9.17) is 9.47 Å². The third-order valence-electron chi connectivity index (χ3n) is 6.10. The van der Waals surface area contributed by atoms with Crippen LogP contribution in [-0.4, -0.2) is 29.9 Å². The van der Waals surface area contributed by atoms with Gasteiger partial charge in [-0.25, -0.2) is 9.07 Å². The highest BCUT2D eigenvalue weighted by Gasteiger charge is 2.30. The molecule has 0 spiro atoms. The van der Waals surface area contributed by atoms with E-state index in [0.717, 1.165) is 22.4 Å². The summed E-state index contributed by atoms with van der Waals surface area (Å²) in [6.07, 6.45) is 3.57. The van der Waals surface area contributed by atoms with Gasteiger partial charge in [0.15, 0.2) is 11.5 Å². The Bertz CT molecular complexity index is 1440. The lowest BCUT2D eigenvalue weighted by molar-refractivity contribution is 0.102. The molecule has 0 bridgehead atoms. The zero-order chi connectivity index (χ0) is 25.2. The molecule has 1 aliphatic rings. The maximum absolute atomic E-state index is 13.3. The minimum atomic E-state index is -0.380. The van der Waals surface area contributed by atoms with Crippen LogP contribution in [0, 0.1) is 12.7 Å². The van der Waals surface area contributed by atoms with Gasteiger partial charge in [-0.2, -0.15) is 5.10 Å². The largest absolute Gasteiger partial charge is 0.493 e. The molecule has 1 atom stereocenters. The molecule has 0 unspecified atom stereocenters. The molecule has 5 rings (SSSR count). The predicted octanol–water partition coefficient (Wildman–Crippen LogP) is 5.66. The molecule has 4 aromatic rings. The number of rotatable bonds is 6. The number of benzene rings is 3. The summed E-state index contributed by atoms with van der Waals surface area (Å²) in [6, 6.07) is 19.0. The van der Waals surface area contributed by atoms with Crippen molar-refractivity contribution in [1.29, 1.82) is 0 Å². The van der Waals surface area contributed by atoms with Gasteiger partial charge in [0.25, 0.3) is 5.91 Å². The lowest BCUT2D eigenvalue weighted by Gasteiger charge is -2.27. The fourth-order valence-corrected chi connectivity index (χ4v) is 4.26. The van der Waals surface area contributed by atoms with E-state index in [9.17, 15) is 9.18 Å². The number of hydrogen-bond donors (Lipinski definition) is 2. The van der Waals surface area contributed by atoms with Gasteiger partial charge in [-0.1, -0.05) is 42.0 Å². The van der Waals surface area contributed by atoms with Crippen molar-refractivity contribution in [2.75, 3.05) is 24.9 Å². The Hall–Kier alpha value is -4.59. The minimum Gasteiger partial charge on any atom is -0.493 e. The van der Waals surface area contributed by atoms with Gasteiger partial charge in [0.1, 0.15) is 23.2 Å². The average molecular weight is 485 g/mol. The number of aromatic nitrogens is 2. The van der Waals surface area contributed by atoms with Gasteiger partial charge in [-0.15, -0.1) is 0 Å². The van der Waals surface area contributed by atoms with Crippen molar-refractivity contribution in [3.63, 3.8) is 0 Å². The third kappa shape index (κ3) is 4.29. The number of para-hydroxylation sites is 1. The molecule has 7 nitrogen and oxygen atoms in total. The van der Waals surface area contributed by atoms with Crippen LogP contribution in [0.2, 0.25) is 0 Å². The van der Waals surface area contributed by atoms with E-state index in [1.54, 1.807) is 18.9 Å². The molecule has 3 aromatic carbocycles. The normalized spacial score (nSPS) is 14.3. The Morgan fingerprint density at radius 2 is 1.78 bits per heavy atom. The Balaban J connectivity index is 1.60. The van der Waals surface area contributed by atoms with Crippen molar-refractivity contribution >= 4 is 23.1 Å². The second-order valence-corrected chi connectivity index (χ2v) is 8.41. The van der Waals surface area contributed by atoms with Crippen molar-refractivity contribution in [1.82, 2.24) is 9.78 Å². The van der Waals surface area contributed by atoms with Crippen molar-refractivity contribution in [3.05, 3.63) is 107 Å².